The first-order valence-electron chi connectivity index (χ1n) is 8.84. The van der Waals surface area contributed by atoms with Crippen LogP contribution < -0.4 is 5.32 Å². The Hall–Kier alpha value is -1.35. The Morgan fingerprint density at radius 1 is 1.23 bits per heavy atom. The Labute approximate surface area is 133 Å². The van der Waals surface area contributed by atoms with Crippen molar-refractivity contribution in [2.24, 2.45) is 11.3 Å². The Morgan fingerprint density at radius 2 is 2.00 bits per heavy atom. The molecule has 2 unspecified atom stereocenters. The standard InChI is InChI=1S/C19H26N2O/c22-18(17-14-19(17)8-10-20-11-9-19)21-12-4-7-16(21)13-15-5-2-1-3-6-15/h1-3,5-6,16-17,20H,4,7-14H2. The molecule has 2 aliphatic heterocycles. The van der Waals surface area contributed by atoms with Crippen LogP contribution in [0.25, 0.3) is 0 Å². The summed E-state index contributed by atoms with van der Waals surface area (Å²) < 4.78 is 0. The predicted octanol–water partition coefficient (Wildman–Crippen LogP) is 2.61. The third kappa shape index (κ3) is 2.56. The fourth-order valence-corrected chi connectivity index (χ4v) is 4.60. The lowest BCUT2D eigenvalue weighted by Gasteiger charge is -2.28. The Morgan fingerprint density at radius 3 is 2.77 bits per heavy atom. The van der Waals surface area contributed by atoms with Gasteiger partial charge in [0.05, 0.1) is 0 Å². The summed E-state index contributed by atoms with van der Waals surface area (Å²) in [6.45, 7) is 3.16. The number of piperidine rings is 1. The van der Waals surface area contributed by atoms with Gasteiger partial charge in [-0.2, -0.15) is 0 Å². The van der Waals surface area contributed by atoms with Crippen LogP contribution in [0.3, 0.4) is 0 Å². The van der Waals surface area contributed by atoms with Crippen molar-refractivity contribution in [2.45, 2.75) is 44.6 Å². The first kappa shape index (κ1) is 14.3. The van der Waals surface area contributed by atoms with Crippen LogP contribution in [0.15, 0.2) is 30.3 Å². The van der Waals surface area contributed by atoms with Crippen LogP contribution in [-0.4, -0.2) is 36.5 Å². The van der Waals surface area contributed by atoms with E-state index in [9.17, 15) is 4.79 Å². The maximum absolute atomic E-state index is 13.0. The first-order valence-corrected chi connectivity index (χ1v) is 8.84. The molecule has 3 nitrogen and oxygen atoms in total. The summed E-state index contributed by atoms with van der Waals surface area (Å²) in [6, 6.07) is 11.1. The van der Waals surface area contributed by atoms with Gasteiger partial charge in [0, 0.05) is 18.5 Å². The molecular weight excluding hydrogens is 272 g/mol. The van der Waals surface area contributed by atoms with Gasteiger partial charge in [0.25, 0.3) is 0 Å². The van der Waals surface area contributed by atoms with Gasteiger partial charge >= 0.3 is 0 Å². The average molecular weight is 298 g/mol. The van der Waals surface area contributed by atoms with Crippen molar-refractivity contribution < 1.29 is 4.79 Å². The third-order valence-corrected chi connectivity index (χ3v) is 6.06. The quantitative estimate of drug-likeness (QED) is 0.930. The normalized spacial score (nSPS) is 29.7. The van der Waals surface area contributed by atoms with Crippen LogP contribution >= 0.6 is 0 Å². The van der Waals surface area contributed by atoms with E-state index in [1.165, 1.54) is 31.2 Å². The lowest BCUT2D eigenvalue weighted by molar-refractivity contribution is -0.134. The maximum atomic E-state index is 13.0. The van der Waals surface area contributed by atoms with Crippen LogP contribution in [0.2, 0.25) is 0 Å². The molecule has 4 rings (SSSR count). The van der Waals surface area contributed by atoms with Gasteiger partial charge in [-0.3, -0.25) is 4.79 Å². The van der Waals surface area contributed by atoms with E-state index in [0.717, 1.165) is 32.5 Å². The number of benzene rings is 1. The fraction of sp³-hybridized carbons (Fsp3) is 0.632. The number of hydrogen-bond acceptors (Lipinski definition) is 2. The molecule has 1 spiro atoms. The minimum atomic E-state index is 0.325. The summed E-state index contributed by atoms with van der Waals surface area (Å²) in [7, 11) is 0. The molecule has 3 fully saturated rings. The molecule has 0 bridgehead atoms. The summed E-state index contributed by atoms with van der Waals surface area (Å²) in [5.74, 6) is 0.784. The molecule has 1 aromatic carbocycles. The fourth-order valence-electron chi connectivity index (χ4n) is 4.60. The van der Waals surface area contributed by atoms with Gasteiger partial charge in [-0.05, 0) is 62.6 Å². The molecule has 1 aliphatic carbocycles. The molecule has 118 valence electrons. The van der Waals surface area contributed by atoms with E-state index in [4.69, 9.17) is 0 Å². The number of rotatable bonds is 3. The SMILES string of the molecule is O=C(C1CC12CCNCC2)N1CCCC1Cc1ccccc1. The second kappa shape index (κ2) is 5.69. The first-order chi connectivity index (χ1) is 10.8. The topological polar surface area (TPSA) is 32.3 Å². The number of nitrogens with zero attached hydrogens (tertiary/aromatic N) is 1. The third-order valence-electron chi connectivity index (χ3n) is 6.06. The highest BCUT2D eigenvalue weighted by Gasteiger charge is 2.59. The molecule has 2 saturated heterocycles. The molecule has 3 heteroatoms. The van der Waals surface area contributed by atoms with Crippen LogP contribution in [0.1, 0.15) is 37.7 Å². The van der Waals surface area contributed by atoms with Gasteiger partial charge in [-0.1, -0.05) is 30.3 Å². The predicted molar refractivity (Wildman–Crippen MR) is 87.5 cm³/mol. The van der Waals surface area contributed by atoms with Crippen molar-refractivity contribution in [1.82, 2.24) is 10.2 Å². The molecular formula is C19H26N2O. The van der Waals surface area contributed by atoms with Crippen molar-refractivity contribution in [3.05, 3.63) is 35.9 Å². The van der Waals surface area contributed by atoms with Crippen LogP contribution in [-0.2, 0) is 11.2 Å². The van der Waals surface area contributed by atoms with Crippen molar-refractivity contribution in [3.8, 4) is 0 Å². The van der Waals surface area contributed by atoms with Gasteiger partial charge in [0.2, 0.25) is 5.91 Å². The zero-order valence-electron chi connectivity index (χ0n) is 13.3. The van der Waals surface area contributed by atoms with Gasteiger partial charge in [-0.25, -0.2) is 0 Å². The second-order valence-corrected chi connectivity index (χ2v) is 7.39. The Bertz CT molecular complexity index is 536. The van der Waals surface area contributed by atoms with Crippen molar-refractivity contribution in [2.75, 3.05) is 19.6 Å². The summed E-state index contributed by atoms with van der Waals surface area (Å²) in [6.07, 6.45) is 6.89. The molecule has 1 saturated carbocycles. The molecule has 1 aromatic rings. The summed E-state index contributed by atoms with van der Waals surface area (Å²) in [5, 5.41) is 3.43. The van der Waals surface area contributed by atoms with Crippen molar-refractivity contribution in [1.29, 1.82) is 0 Å². The highest BCUT2D eigenvalue weighted by atomic mass is 16.2. The molecule has 22 heavy (non-hydrogen) atoms. The Kier molecular flexibility index (Phi) is 3.69. The van der Waals surface area contributed by atoms with E-state index in [1.807, 2.05) is 0 Å². The smallest absolute Gasteiger partial charge is 0.226 e. The molecule has 1 N–H and O–H groups in total. The van der Waals surface area contributed by atoms with Crippen LogP contribution in [0.5, 0.6) is 0 Å². The van der Waals surface area contributed by atoms with Gasteiger partial charge in [0.1, 0.15) is 0 Å². The number of likely N-dealkylation sites (tertiary alicyclic amines) is 1. The van der Waals surface area contributed by atoms with Crippen molar-refractivity contribution in [3.63, 3.8) is 0 Å². The van der Waals surface area contributed by atoms with E-state index in [1.54, 1.807) is 0 Å². The van der Waals surface area contributed by atoms with Crippen LogP contribution in [0, 0.1) is 11.3 Å². The van der Waals surface area contributed by atoms with Crippen LogP contribution in [0.4, 0.5) is 0 Å². The van der Waals surface area contributed by atoms with E-state index in [0.29, 0.717) is 23.3 Å². The minimum absolute atomic E-state index is 0.325. The van der Waals surface area contributed by atoms with E-state index in [-0.39, 0.29) is 0 Å². The zero-order valence-corrected chi connectivity index (χ0v) is 13.3. The van der Waals surface area contributed by atoms with E-state index < -0.39 is 0 Å². The number of carbonyl (C=O) groups excluding carboxylic acids is 1. The highest BCUT2D eigenvalue weighted by molar-refractivity contribution is 5.83. The summed E-state index contributed by atoms with van der Waals surface area (Å²) >= 11 is 0. The monoisotopic (exact) mass is 298 g/mol. The largest absolute Gasteiger partial charge is 0.339 e. The molecule has 1 amide bonds. The molecule has 2 heterocycles. The second-order valence-electron chi connectivity index (χ2n) is 7.39. The van der Waals surface area contributed by atoms with Gasteiger partial charge < -0.3 is 10.2 Å². The highest BCUT2D eigenvalue weighted by Crippen LogP contribution is 2.59. The van der Waals surface area contributed by atoms with Gasteiger partial charge in [-0.15, -0.1) is 0 Å². The summed E-state index contributed by atoms with van der Waals surface area (Å²) in [4.78, 5) is 15.2. The van der Waals surface area contributed by atoms with E-state index in [2.05, 4.69) is 40.5 Å². The average Bonchev–Trinajstić information content (AvgIpc) is 3.04. The molecule has 3 aliphatic rings. The maximum Gasteiger partial charge on any atom is 0.226 e. The summed E-state index contributed by atoms with van der Waals surface area (Å²) in [5.41, 5.74) is 1.72. The van der Waals surface area contributed by atoms with E-state index >= 15 is 0 Å². The molecule has 0 radical (unpaired) electrons. The number of carbonyl (C=O) groups is 1. The number of amides is 1. The molecule has 0 aromatic heterocycles. The number of nitrogens with one attached hydrogen (secondary N) is 1. The number of hydrogen-bond donors (Lipinski definition) is 1. The minimum Gasteiger partial charge on any atom is -0.339 e. The van der Waals surface area contributed by atoms with Gasteiger partial charge in [0.15, 0.2) is 0 Å². The molecule has 2 atom stereocenters. The lowest BCUT2D eigenvalue weighted by atomic mass is 9.91. The van der Waals surface area contributed by atoms with Crippen molar-refractivity contribution >= 4 is 5.91 Å². The Balaban J connectivity index is 1.42. The lowest BCUT2D eigenvalue weighted by Crippen LogP contribution is -2.40. The zero-order chi connectivity index (χ0) is 15.0.